The predicted octanol–water partition coefficient (Wildman–Crippen LogP) is 7.83. The molecule has 1 aromatic heterocycles. The number of ether oxygens (including phenoxy) is 5. The minimum atomic E-state index is -1.10. The zero-order chi connectivity index (χ0) is 37.5. The molecule has 7 atom stereocenters. The summed E-state index contributed by atoms with van der Waals surface area (Å²) in [5.41, 5.74) is 5.01. The van der Waals surface area contributed by atoms with Crippen molar-refractivity contribution in [1.29, 1.82) is 0 Å². The molecule has 0 spiro atoms. The van der Waals surface area contributed by atoms with E-state index in [1.165, 1.54) is 6.92 Å². The number of carbonyl (C=O) groups is 1. The highest BCUT2D eigenvalue weighted by Crippen LogP contribution is 2.37. The summed E-state index contributed by atoms with van der Waals surface area (Å²) < 4.78 is 34.0. The van der Waals surface area contributed by atoms with Crippen molar-refractivity contribution in [3.63, 3.8) is 0 Å². The number of benzene rings is 4. The van der Waals surface area contributed by atoms with Gasteiger partial charge in [0.1, 0.15) is 36.6 Å². The number of aromatic amines is 1. The van der Waals surface area contributed by atoms with E-state index in [2.05, 4.69) is 16.4 Å². The van der Waals surface area contributed by atoms with E-state index in [0.29, 0.717) is 33.0 Å². The quantitative estimate of drug-likeness (QED) is 0.0700. The molecule has 1 saturated carbocycles. The summed E-state index contributed by atoms with van der Waals surface area (Å²) >= 11 is 0. The highest BCUT2D eigenvalue weighted by molar-refractivity contribution is 5.83. The Bertz CT molecular complexity index is 1820. The summed E-state index contributed by atoms with van der Waals surface area (Å²) in [6.45, 7) is 5.51. The Morgan fingerprint density at radius 1 is 0.648 bits per heavy atom. The number of hydrogen-bond acceptors (Lipinski definition) is 7. The Kier molecular flexibility index (Phi) is 14.8. The molecule has 1 aliphatic carbocycles. The number of H-pyrrole nitrogens is 1. The van der Waals surface area contributed by atoms with Crippen LogP contribution in [0, 0.1) is 0 Å². The lowest BCUT2D eigenvalue weighted by Gasteiger charge is -2.49. The van der Waals surface area contributed by atoms with E-state index in [9.17, 15) is 9.90 Å². The molecule has 5 aromatic rings. The average molecular weight is 735 g/mol. The van der Waals surface area contributed by atoms with Gasteiger partial charge in [-0.15, -0.1) is 0 Å². The third-order valence-corrected chi connectivity index (χ3v) is 10.0. The molecule has 3 N–H and O–H groups in total. The van der Waals surface area contributed by atoms with Crippen molar-refractivity contribution in [3.05, 3.63) is 144 Å². The Labute approximate surface area is 318 Å². The van der Waals surface area contributed by atoms with E-state index < -0.39 is 42.7 Å². The van der Waals surface area contributed by atoms with Gasteiger partial charge in [0.05, 0.1) is 25.9 Å². The van der Waals surface area contributed by atoms with Crippen LogP contribution in [0.25, 0.3) is 10.9 Å². The van der Waals surface area contributed by atoms with Crippen LogP contribution in [0.15, 0.2) is 121 Å². The molecule has 1 fully saturated rings. The van der Waals surface area contributed by atoms with Crippen LogP contribution in [0.1, 0.15) is 67.9 Å². The summed E-state index contributed by atoms with van der Waals surface area (Å²) in [6.07, 6.45) is 0.370. The van der Waals surface area contributed by atoms with Crippen LogP contribution in [0.2, 0.25) is 0 Å². The molecule has 0 saturated heterocycles. The average Bonchev–Trinajstić information content (AvgIpc) is 3.64. The molecular weight excluding hydrogens is 681 g/mol. The van der Waals surface area contributed by atoms with Crippen molar-refractivity contribution in [2.45, 2.75) is 102 Å². The number of carbonyl (C=O) groups excluding carboxylic acids is 1. The van der Waals surface area contributed by atoms with E-state index in [0.717, 1.165) is 58.8 Å². The lowest BCUT2D eigenvalue weighted by atomic mass is 9.83. The van der Waals surface area contributed by atoms with Crippen LogP contribution in [-0.2, 0) is 48.3 Å². The maximum atomic E-state index is 12.4. The number of amides is 1. The highest BCUT2D eigenvalue weighted by atomic mass is 16.6. The SMILES string of the molecule is CC(=O)NCCCCCCOC1C(O)C(OC(C)c2c[nH]c3ccccc23)C(OCc2ccccc2)C(OCc2ccccc2)C1OCc1ccccc1. The fourth-order valence-electron chi connectivity index (χ4n) is 7.16. The Morgan fingerprint density at radius 3 is 1.72 bits per heavy atom. The largest absolute Gasteiger partial charge is 0.387 e. The van der Waals surface area contributed by atoms with Gasteiger partial charge in [-0.1, -0.05) is 122 Å². The molecule has 0 bridgehead atoms. The van der Waals surface area contributed by atoms with E-state index in [4.69, 9.17) is 23.7 Å². The Hall–Kier alpha value is -4.35. The van der Waals surface area contributed by atoms with E-state index in [1.807, 2.05) is 122 Å². The molecule has 6 rings (SSSR count). The van der Waals surface area contributed by atoms with Gasteiger partial charge in [0, 0.05) is 42.7 Å². The van der Waals surface area contributed by atoms with Crippen molar-refractivity contribution in [2.75, 3.05) is 13.2 Å². The first-order chi connectivity index (χ1) is 26.5. The number of fused-ring (bicyclic) bond motifs is 1. The molecule has 0 radical (unpaired) electrons. The molecule has 9 nitrogen and oxygen atoms in total. The number of rotatable bonds is 20. The van der Waals surface area contributed by atoms with Crippen LogP contribution in [0.3, 0.4) is 0 Å². The van der Waals surface area contributed by atoms with Gasteiger partial charge in [0.2, 0.25) is 5.91 Å². The summed E-state index contributed by atoms with van der Waals surface area (Å²) in [7, 11) is 0. The zero-order valence-electron chi connectivity index (χ0n) is 31.3. The van der Waals surface area contributed by atoms with Gasteiger partial charge in [0.25, 0.3) is 0 Å². The van der Waals surface area contributed by atoms with Gasteiger partial charge in [-0.3, -0.25) is 4.79 Å². The molecule has 4 aromatic carbocycles. The minimum Gasteiger partial charge on any atom is -0.387 e. The first-order valence-electron chi connectivity index (χ1n) is 19.2. The van der Waals surface area contributed by atoms with Gasteiger partial charge < -0.3 is 39.1 Å². The van der Waals surface area contributed by atoms with E-state index in [-0.39, 0.29) is 5.91 Å². The number of unbranched alkanes of at least 4 members (excludes halogenated alkanes) is 3. The zero-order valence-corrected chi connectivity index (χ0v) is 31.3. The second-order valence-corrected chi connectivity index (χ2v) is 14.0. The maximum Gasteiger partial charge on any atom is 0.216 e. The number of aliphatic hydroxyl groups excluding tert-OH is 1. The van der Waals surface area contributed by atoms with Gasteiger partial charge >= 0.3 is 0 Å². The Morgan fingerprint density at radius 2 is 1.15 bits per heavy atom. The van der Waals surface area contributed by atoms with Crippen LogP contribution < -0.4 is 5.32 Å². The normalized spacial score (nSPS) is 21.9. The summed E-state index contributed by atoms with van der Waals surface area (Å²) in [5, 5.41) is 16.4. The van der Waals surface area contributed by atoms with Crippen molar-refractivity contribution in [1.82, 2.24) is 10.3 Å². The molecule has 1 heterocycles. The maximum absolute atomic E-state index is 12.4. The number of nitrogens with one attached hydrogen (secondary N) is 2. The minimum absolute atomic E-state index is 0.0166. The standard InChI is InChI=1S/C45H54N2O7/c1-32(38-28-47-39-25-15-14-24-37(38)39)54-42-40(49)41(50-27-17-4-3-16-26-46-33(2)48)43(51-29-34-18-8-5-9-19-34)45(53-31-36-22-12-7-13-23-36)44(42)52-30-35-20-10-6-11-21-35/h5-15,18-25,28,32,40-45,47,49H,3-4,16-17,26-27,29-31H2,1-2H3,(H,46,48). The highest BCUT2D eigenvalue weighted by Gasteiger charge is 2.54. The summed E-state index contributed by atoms with van der Waals surface area (Å²) in [5.74, 6) is -0.0166. The van der Waals surface area contributed by atoms with Crippen molar-refractivity contribution in [3.8, 4) is 0 Å². The molecular formula is C45H54N2O7. The van der Waals surface area contributed by atoms with Crippen molar-refractivity contribution in [2.24, 2.45) is 0 Å². The van der Waals surface area contributed by atoms with Crippen LogP contribution in [0.4, 0.5) is 0 Å². The summed E-state index contributed by atoms with van der Waals surface area (Å²) in [6, 6.07) is 38.2. The second-order valence-electron chi connectivity index (χ2n) is 14.0. The Balaban J connectivity index is 1.30. The number of aliphatic hydroxyl groups is 1. The first-order valence-corrected chi connectivity index (χ1v) is 19.2. The van der Waals surface area contributed by atoms with Gasteiger partial charge in [0.15, 0.2) is 0 Å². The molecule has 286 valence electrons. The lowest BCUT2D eigenvalue weighted by Crippen LogP contribution is -2.67. The smallest absolute Gasteiger partial charge is 0.216 e. The number of para-hydroxylation sites is 1. The molecule has 1 aliphatic rings. The molecule has 54 heavy (non-hydrogen) atoms. The molecule has 0 aliphatic heterocycles. The lowest BCUT2D eigenvalue weighted by molar-refractivity contribution is -0.285. The van der Waals surface area contributed by atoms with Crippen molar-refractivity contribution >= 4 is 16.8 Å². The molecule has 1 amide bonds. The van der Waals surface area contributed by atoms with Gasteiger partial charge in [-0.2, -0.15) is 0 Å². The van der Waals surface area contributed by atoms with Crippen LogP contribution in [-0.4, -0.2) is 65.8 Å². The topological polar surface area (TPSA) is 111 Å². The third-order valence-electron chi connectivity index (χ3n) is 10.0. The molecule has 9 heteroatoms. The second kappa shape index (κ2) is 20.4. The summed E-state index contributed by atoms with van der Waals surface area (Å²) in [4.78, 5) is 14.6. The van der Waals surface area contributed by atoms with Crippen LogP contribution >= 0.6 is 0 Å². The van der Waals surface area contributed by atoms with Crippen LogP contribution in [0.5, 0.6) is 0 Å². The monoisotopic (exact) mass is 734 g/mol. The molecule has 7 unspecified atom stereocenters. The van der Waals surface area contributed by atoms with E-state index in [1.54, 1.807) is 0 Å². The first kappa shape index (κ1) is 39.3. The van der Waals surface area contributed by atoms with Gasteiger partial charge in [-0.25, -0.2) is 0 Å². The fourth-order valence-corrected chi connectivity index (χ4v) is 7.16. The fraction of sp³-hybridized carbons (Fsp3) is 0.400. The van der Waals surface area contributed by atoms with Gasteiger partial charge in [-0.05, 0) is 42.5 Å². The van der Waals surface area contributed by atoms with Crippen molar-refractivity contribution < 1.29 is 33.6 Å². The van der Waals surface area contributed by atoms with E-state index >= 15 is 0 Å². The third kappa shape index (κ3) is 10.9. The number of hydrogen-bond donors (Lipinski definition) is 3. The number of aromatic nitrogens is 1. The predicted molar refractivity (Wildman–Crippen MR) is 210 cm³/mol.